The molecule has 6 nitrogen and oxygen atoms in total. The van der Waals surface area contributed by atoms with Crippen LogP contribution < -0.4 is 11.1 Å². The molecule has 0 spiro atoms. The zero-order chi connectivity index (χ0) is 15.6. The van der Waals surface area contributed by atoms with Crippen molar-refractivity contribution in [3.8, 4) is 5.75 Å². The van der Waals surface area contributed by atoms with Crippen molar-refractivity contribution in [2.24, 2.45) is 0 Å². The monoisotopic (exact) mass is 306 g/mol. The number of carbonyl (C=O) groups is 1. The third-order valence-electron chi connectivity index (χ3n) is 2.85. The zero-order valence-electron chi connectivity index (χ0n) is 11.2. The van der Waals surface area contributed by atoms with Gasteiger partial charge in [0.05, 0.1) is 16.1 Å². The van der Waals surface area contributed by atoms with Crippen LogP contribution in [0.15, 0.2) is 47.4 Å². The molecular weight excluding hydrogens is 292 g/mol. The lowest BCUT2D eigenvalue weighted by Crippen LogP contribution is -2.14. The van der Waals surface area contributed by atoms with Crippen LogP contribution in [0.3, 0.4) is 0 Å². The van der Waals surface area contributed by atoms with Crippen molar-refractivity contribution in [3.05, 3.63) is 48.0 Å². The number of nitrogens with two attached hydrogens (primary N) is 1. The van der Waals surface area contributed by atoms with Crippen molar-refractivity contribution in [3.63, 3.8) is 0 Å². The summed E-state index contributed by atoms with van der Waals surface area (Å²) >= 11 is 0. The summed E-state index contributed by atoms with van der Waals surface area (Å²) in [6.07, 6.45) is 1.04. The quantitative estimate of drug-likeness (QED) is 0.590. The molecule has 0 aliphatic rings. The Balaban J connectivity index is 2.36. The number of hydrogen-bond acceptors (Lipinski definition) is 5. The van der Waals surface area contributed by atoms with Crippen LogP contribution in [0, 0.1) is 0 Å². The van der Waals surface area contributed by atoms with E-state index in [4.69, 9.17) is 5.73 Å². The summed E-state index contributed by atoms with van der Waals surface area (Å²) < 4.78 is 23.0. The number of phenolic OH excluding ortho intramolecular Hbond substituents is 1. The van der Waals surface area contributed by atoms with Crippen molar-refractivity contribution in [1.82, 2.24) is 0 Å². The number of aromatic hydroxyl groups is 1. The Hall–Kier alpha value is -2.54. The largest absolute Gasteiger partial charge is 0.506 e. The van der Waals surface area contributed by atoms with Gasteiger partial charge in [-0.05, 0) is 30.3 Å². The van der Waals surface area contributed by atoms with Crippen molar-refractivity contribution in [2.45, 2.75) is 4.90 Å². The van der Waals surface area contributed by atoms with Gasteiger partial charge in [-0.3, -0.25) is 4.79 Å². The van der Waals surface area contributed by atoms with Gasteiger partial charge >= 0.3 is 0 Å². The van der Waals surface area contributed by atoms with Crippen molar-refractivity contribution in [1.29, 1.82) is 0 Å². The third-order valence-corrected chi connectivity index (χ3v) is 3.96. The van der Waals surface area contributed by atoms with Crippen LogP contribution in [0.4, 0.5) is 11.4 Å². The Morgan fingerprint density at radius 1 is 1.19 bits per heavy atom. The first-order valence-corrected chi connectivity index (χ1v) is 7.87. The Labute approximate surface area is 122 Å². The fourth-order valence-electron chi connectivity index (χ4n) is 1.74. The molecule has 2 aromatic rings. The van der Waals surface area contributed by atoms with Crippen molar-refractivity contribution in [2.75, 3.05) is 17.3 Å². The molecule has 7 heteroatoms. The average molecular weight is 306 g/mol. The fourth-order valence-corrected chi connectivity index (χ4v) is 2.39. The summed E-state index contributed by atoms with van der Waals surface area (Å²) in [5.74, 6) is -0.765. The second-order valence-electron chi connectivity index (χ2n) is 4.49. The predicted molar refractivity (Wildman–Crippen MR) is 80.0 cm³/mol. The van der Waals surface area contributed by atoms with E-state index in [1.165, 1.54) is 24.3 Å². The van der Waals surface area contributed by atoms with Gasteiger partial charge in [0.25, 0.3) is 5.91 Å². The lowest BCUT2D eigenvalue weighted by Gasteiger charge is -2.10. The van der Waals surface area contributed by atoms with Crippen LogP contribution in [-0.4, -0.2) is 25.7 Å². The molecule has 110 valence electrons. The topological polar surface area (TPSA) is 109 Å². The maximum atomic E-state index is 12.1. The van der Waals surface area contributed by atoms with Gasteiger partial charge in [-0.2, -0.15) is 0 Å². The summed E-state index contributed by atoms with van der Waals surface area (Å²) in [7, 11) is -3.44. The maximum absolute atomic E-state index is 12.1. The molecule has 0 heterocycles. The first-order valence-electron chi connectivity index (χ1n) is 5.98. The minimum Gasteiger partial charge on any atom is -0.506 e. The second-order valence-corrected chi connectivity index (χ2v) is 6.51. The van der Waals surface area contributed by atoms with Gasteiger partial charge < -0.3 is 16.2 Å². The van der Waals surface area contributed by atoms with Crippen LogP contribution in [0.5, 0.6) is 5.75 Å². The van der Waals surface area contributed by atoms with E-state index in [9.17, 15) is 18.3 Å². The van der Waals surface area contributed by atoms with E-state index in [0.29, 0.717) is 0 Å². The predicted octanol–water partition coefficient (Wildman–Crippen LogP) is 1.63. The lowest BCUT2D eigenvalue weighted by atomic mass is 10.1. The molecule has 0 saturated carbocycles. The second kappa shape index (κ2) is 5.45. The number of anilines is 2. The SMILES string of the molecule is CS(=O)(=O)c1ccc(O)c(NC(=O)c2ccccc2N)c1. The summed E-state index contributed by atoms with van der Waals surface area (Å²) in [4.78, 5) is 12.1. The van der Waals surface area contributed by atoms with E-state index in [2.05, 4.69) is 5.32 Å². The van der Waals surface area contributed by atoms with Gasteiger partial charge in [0.2, 0.25) is 0 Å². The van der Waals surface area contributed by atoms with Gasteiger partial charge in [0.1, 0.15) is 5.75 Å². The van der Waals surface area contributed by atoms with Crippen LogP contribution in [-0.2, 0) is 9.84 Å². The Bertz CT molecular complexity index is 800. The molecule has 0 aliphatic heterocycles. The van der Waals surface area contributed by atoms with E-state index in [-0.39, 0.29) is 27.6 Å². The van der Waals surface area contributed by atoms with Crippen molar-refractivity contribution >= 4 is 27.1 Å². The molecule has 0 bridgehead atoms. The third kappa shape index (κ3) is 3.32. The Morgan fingerprint density at radius 3 is 2.48 bits per heavy atom. The summed E-state index contributed by atoms with van der Waals surface area (Å²) in [5.41, 5.74) is 6.22. The molecule has 21 heavy (non-hydrogen) atoms. The van der Waals surface area contributed by atoms with Crippen LogP contribution in [0.1, 0.15) is 10.4 Å². The Kier molecular flexibility index (Phi) is 3.86. The number of benzene rings is 2. The highest BCUT2D eigenvalue weighted by Gasteiger charge is 2.14. The minimum absolute atomic E-state index is 0.00312. The summed E-state index contributed by atoms with van der Waals surface area (Å²) in [6.45, 7) is 0. The van der Waals surface area contributed by atoms with E-state index in [0.717, 1.165) is 6.26 Å². The molecule has 0 aromatic heterocycles. The standard InChI is InChI=1S/C14H14N2O4S/c1-21(19,20)9-6-7-13(17)12(8-9)16-14(18)10-4-2-3-5-11(10)15/h2-8,17H,15H2,1H3,(H,16,18). The molecule has 2 aromatic carbocycles. The van der Waals surface area contributed by atoms with E-state index >= 15 is 0 Å². The fraction of sp³-hybridized carbons (Fsp3) is 0.0714. The van der Waals surface area contributed by atoms with Gasteiger partial charge in [-0.15, -0.1) is 0 Å². The minimum atomic E-state index is -3.44. The number of rotatable bonds is 3. The van der Waals surface area contributed by atoms with Crippen molar-refractivity contribution < 1.29 is 18.3 Å². The molecule has 0 radical (unpaired) electrons. The first-order chi connectivity index (χ1) is 9.79. The Morgan fingerprint density at radius 2 is 1.86 bits per heavy atom. The van der Waals surface area contributed by atoms with E-state index in [1.54, 1.807) is 18.2 Å². The van der Waals surface area contributed by atoms with Gasteiger partial charge in [0, 0.05) is 11.9 Å². The summed E-state index contributed by atoms with van der Waals surface area (Å²) in [5, 5.41) is 12.2. The van der Waals surface area contributed by atoms with Gasteiger partial charge in [0.15, 0.2) is 9.84 Å². The smallest absolute Gasteiger partial charge is 0.257 e. The number of amides is 1. The van der Waals surface area contributed by atoms with Gasteiger partial charge in [-0.25, -0.2) is 8.42 Å². The number of sulfone groups is 1. The maximum Gasteiger partial charge on any atom is 0.257 e. The molecule has 0 unspecified atom stereocenters. The normalized spacial score (nSPS) is 11.1. The molecular formula is C14H14N2O4S. The first kappa shape index (κ1) is 14.9. The highest BCUT2D eigenvalue weighted by molar-refractivity contribution is 7.90. The number of para-hydroxylation sites is 1. The zero-order valence-corrected chi connectivity index (χ0v) is 12.0. The van der Waals surface area contributed by atoms with Crippen LogP contribution in [0.2, 0.25) is 0 Å². The van der Waals surface area contributed by atoms with Gasteiger partial charge in [-0.1, -0.05) is 12.1 Å². The van der Waals surface area contributed by atoms with Crippen LogP contribution >= 0.6 is 0 Å². The number of hydrogen-bond donors (Lipinski definition) is 3. The lowest BCUT2D eigenvalue weighted by molar-refractivity contribution is 0.102. The van der Waals surface area contributed by atoms with E-state index < -0.39 is 15.7 Å². The highest BCUT2D eigenvalue weighted by Crippen LogP contribution is 2.27. The molecule has 1 amide bonds. The molecule has 4 N–H and O–H groups in total. The highest BCUT2D eigenvalue weighted by atomic mass is 32.2. The molecule has 2 rings (SSSR count). The average Bonchev–Trinajstić information content (AvgIpc) is 2.40. The number of carbonyl (C=O) groups excluding carboxylic acids is 1. The number of nitrogen functional groups attached to an aromatic ring is 1. The molecule has 0 fully saturated rings. The van der Waals surface area contributed by atoms with E-state index in [1.807, 2.05) is 0 Å². The molecule has 0 saturated heterocycles. The van der Waals surface area contributed by atoms with Crippen LogP contribution in [0.25, 0.3) is 0 Å². The number of phenols is 1. The number of nitrogens with one attached hydrogen (secondary N) is 1. The molecule has 0 atom stereocenters. The molecule has 0 aliphatic carbocycles. The summed E-state index contributed by atoms with van der Waals surface area (Å²) in [6, 6.07) is 10.1.